The maximum Gasteiger partial charge on any atom is 0.252 e. The highest BCUT2D eigenvalue weighted by Gasteiger charge is 2.36. The van der Waals surface area contributed by atoms with Crippen LogP contribution in [0.2, 0.25) is 0 Å². The number of nitrogens with zero attached hydrogens (tertiary/aromatic N) is 8. The van der Waals surface area contributed by atoms with Crippen molar-refractivity contribution >= 4 is 22.2 Å². The second-order valence-corrected chi connectivity index (χ2v) is 9.91. The highest BCUT2D eigenvalue weighted by atomic mass is 16.1. The molecule has 1 fully saturated rings. The van der Waals surface area contributed by atoms with E-state index in [1.165, 1.54) is 11.1 Å². The first-order chi connectivity index (χ1) is 17.4. The third-order valence-corrected chi connectivity index (χ3v) is 7.87. The van der Waals surface area contributed by atoms with Crippen LogP contribution in [0.5, 0.6) is 0 Å². The SMILES string of the molecule is CC[C@H]1CN([C@H](C)c2ccc3c(C)cnn3c2)[C@H](CC)CN1c1cc(=O)n(C)c2cn(CC#N)nc12. The Labute approximate surface area is 211 Å². The van der Waals surface area contributed by atoms with Crippen LogP contribution >= 0.6 is 0 Å². The molecule has 0 aliphatic carbocycles. The largest absolute Gasteiger partial charge is 0.364 e. The summed E-state index contributed by atoms with van der Waals surface area (Å²) in [6, 6.07) is 9.04. The number of hydrogen-bond acceptors (Lipinski definition) is 6. The smallest absolute Gasteiger partial charge is 0.252 e. The summed E-state index contributed by atoms with van der Waals surface area (Å²) >= 11 is 0. The molecular formula is C27H34N8O. The summed E-state index contributed by atoms with van der Waals surface area (Å²) in [6.07, 6.45) is 7.81. The number of aryl methyl sites for hydroxylation is 2. The van der Waals surface area contributed by atoms with Crippen molar-refractivity contribution in [1.29, 1.82) is 5.26 Å². The Morgan fingerprint density at radius 2 is 1.92 bits per heavy atom. The van der Waals surface area contributed by atoms with Gasteiger partial charge in [0.05, 0.1) is 35.2 Å². The minimum atomic E-state index is -0.0597. The average Bonchev–Trinajstić information content (AvgIpc) is 3.48. The van der Waals surface area contributed by atoms with Crippen molar-refractivity contribution in [1.82, 2.24) is 28.9 Å². The fourth-order valence-corrected chi connectivity index (χ4v) is 5.63. The van der Waals surface area contributed by atoms with E-state index in [2.05, 4.69) is 67.0 Å². The van der Waals surface area contributed by atoms with Crippen molar-refractivity contribution in [3.63, 3.8) is 0 Å². The van der Waals surface area contributed by atoms with E-state index in [-0.39, 0.29) is 24.2 Å². The van der Waals surface area contributed by atoms with Gasteiger partial charge in [-0.15, -0.1) is 0 Å². The summed E-state index contributed by atoms with van der Waals surface area (Å²) in [6.45, 7) is 10.7. The number of anilines is 1. The zero-order valence-electron chi connectivity index (χ0n) is 21.7. The van der Waals surface area contributed by atoms with Gasteiger partial charge in [-0.05, 0) is 43.9 Å². The number of piperazine rings is 1. The van der Waals surface area contributed by atoms with Gasteiger partial charge >= 0.3 is 0 Å². The molecule has 9 heteroatoms. The van der Waals surface area contributed by atoms with Gasteiger partial charge < -0.3 is 9.47 Å². The van der Waals surface area contributed by atoms with E-state index in [0.29, 0.717) is 6.04 Å². The first-order valence-electron chi connectivity index (χ1n) is 12.8. The van der Waals surface area contributed by atoms with Crippen LogP contribution in [0.15, 0.2) is 41.6 Å². The fourth-order valence-electron chi connectivity index (χ4n) is 5.63. The first kappa shape index (κ1) is 24.1. The molecule has 0 amide bonds. The Morgan fingerprint density at radius 3 is 2.64 bits per heavy atom. The molecule has 0 unspecified atom stereocenters. The monoisotopic (exact) mass is 486 g/mol. The Morgan fingerprint density at radius 1 is 1.14 bits per heavy atom. The van der Waals surface area contributed by atoms with E-state index in [0.717, 1.165) is 48.2 Å². The lowest BCUT2D eigenvalue weighted by molar-refractivity contribution is 0.101. The molecule has 9 nitrogen and oxygen atoms in total. The lowest BCUT2D eigenvalue weighted by Crippen LogP contribution is -2.58. The van der Waals surface area contributed by atoms with E-state index >= 15 is 0 Å². The van der Waals surface area contributed by atoms with Gasteiger partial charge in [0.25, 0.3) is 5.56 Å². The van der Waals surface area contributed by atoms with Gasteiger partial charge in [-0.1, -0.05) is 19.9 Å². The predicted octanol–water partition coefficient (Wildman–Crippen LogP) is 3.66. The van der Waals surface area contributed by atoms with E-state index in [1.54, 1.807) is 28.6 Å². The second-order valence-electron chi connectivity index (χ2n) is 9.91. The molecule has 5 heterocycles. The summed E-state index contributed by atoms with van der Waals surface area (Å²) in [7, 11) is 1.76. The minimum Gasteiger partial charge on any atom is -0.364 e. The summed E-state index contributed by atoms with van der Waals surface area (Å²) in [5, 5.41) is 18.4. The quantitative estimate of drug-likeness (QED) is 0.413. The van der Waals surface area contributed by atoms with Gasteiger partial charge in [0.15, 0.2) is 0 Å². The van der Waals surface area contributed by atoms with Crippen LogP contribution in [0, 0.1) is 18.3 Å². The number of nitriles is 1. The normalized spacial score (nSPS) is 19.7. The Balaban J connectivity index is 1.50. The molecule has 1 aliphatic heterocycles. The predicted molar refractivity (Wildman–Crippen MR) is 141 cm³/mol. The molecule has 3 atom stereocenters. The number of pyridine rings is 2. The van der Waals surface area contributed by atoms with Crippen LogP contribution in [0.4, 0.5) is 5.69 Å². The van der Waals surface area contributed by atoms with Crippen LogP contribution in [0.1, 0.15) is 50.8 Å². The molecule has 0 radical (unpaired) electrons. The zero-order chi connectivity index (χ0) is 25.6. The molecule has 0 saturated carbocycles. The second kappa shape index (κ2) is 9.43. The summed E-state index contributed by atoms with van der Waals surface area (Å²) in [4.78, 5) is 17.9. The van der Waals surface area contributed by atoms with E-state index < -0.39 is 0 Å². The van der Waals surface area contributed by atoms with Crippen LogP contribution in [-0.2, 0) is 13.6 Å². The van der Waals surface area contributed by atoms with E-state index in [4.69, 9.17) is 10.4 Å². The van der Waals surface area contributed by atoms with Crippen molar-refractivity contribution in [2.75, 3.05) is 18.0 Å². The van der Waals surface area contributed by atoms with Gasteiger partial charge in [-0.3, -0.25) is 14.4 Å². The van der Waals surface area contributed by atoms with Gasteiger partial charge in [0.2, 0.25) is 0 Å². The average molecular weight is 487 g/mol. The highest BCUT2D eigenvalue weighted by Crippen LogP contribution is 2.34. The van der Waals surface area contributed by atoms with Crippen molar-refractivity contribution in [2.45, 2.75) is 65.2 Å². The fraction of sp³-hybridized carbons (Fsp3) is 0.481. The molecule has 1 aliphatic rings. The molecule has 4 aromatic heterocycles. The lowest BCUT2D eigenvalue weighted by atomic mass is 9.97. The lowest BCUT2D eigenvalue weighted by Gasteiger charge is -2.49. The third kappa shape index (κ3) is 3.95. The van der Waals surface area contributed by atoms with Gasteiger partial charge in [0.1, 0.15) is 12.1 Å². The van der Waals surface area contributed by atoms with Crippen molar-refractivity contribution < 1.29 is 0 Å². The number of rotatable bonds is 6. The molecule has 188 valence electrons. The van der Waals surface area contributed by atoms with E-state index in [9.17, 15) is 4.79 Å². The topological polar surface area (TPSA) is 87.4 Å². The molecule has 4 aromatic rings. The molecule has 0 bridgehead atoms. The summed E-state index contributed by atoms with van der Waals surface area (Å²) < 4.78 is 5.21. The molecule has 1 saturated heterocycles. The van der Waals surface area contributed by atoms with Crippen molar-refractivity contribution in [3.8, 4) is 6.07 Å². The van der Waals surface area contributed by atoms with Crippen LogP contribution < -0.4 is 10.5 Å². The van der Waals surface area contributed by atoms with Gasteiger partial charge in [-0.2, -0.15) is 15.5 Å². The van der Waals surface area contributed by atoms with E-state index in [1.807, 2.05) is 10.7 Å². The maximum atomic E-state index is 12.9. The van der Waals surface area contributed by atoms with Gasteiger partial charge in [-0.25, -0.2) is 4.52 Å². The highest BCUT2D eigenvalue weighted by molar-refractivity contribution is 5.88. The Kier molecular flexibility index (Phi) is 6.31. The zero-order valence-corrected chi connectivity index (χ0v) is 21.7. The standard InChI is InChI=1S/C27H34N8O/c1-6-21-16-34(24-12-26(36)31(5)25-17-32(11-10-28)30-27(24)25)22(7-2)15-33(21)19(4)20-8-9-23-18(3)13-29-35(23)14-20/h8-9,12-14,17,19,21-22H,6-7,11,15-16H2,1-5H3/t19-,21-,22+/m1/s1. The van der Waals surface area contributed by atoms with Crippen LogP contribution in [0.3, 0.4) is 0 Å². The maximum absolute atomic E-state index is 12.9. The summed E-state index contributed by atoms with van der Waals surface area (Å²) in [5.74, 6) is 0. The minimum absolute atomic E-state index is 0.0597. The number of aromatic nitrogens is 5. The first-order valence-corrected chi connectivity index (χ1v) is 12.8. The van der Waals surface area contributed by atoms with Crippen molar-refractivity contribution in [3.05, 3.63) is 58.3 Å². The number of fused-ring (bicyclic) bond motifs is 2. The van der Waals surface area contributed by atoms with Gasteiger partial charge in [0, 0.05) is 50.5 Å². The Hall–Kier alpha value is -3.64. The van der Waals surface area contributed by atoms with Crippen molar-refractivity contribution in [2.24, 2.45) is 7.05 Å². The third-order valence-electron chi connectivity index (χ3n) is 7.87. The number of hydrogen-bond donors (Lipinski definition) is 0. The van der Waals surface area contributed by atoms with Crippen LogP contribution in [-0.4, -0.2) is 54.0 Å². The Bertz CT molecular complexity index is 1510. The summed E-state index contributed by atoms with van der Waals surface area (Å²) in [5.41, 5.74) is 5.92. The molecular weight excluding hydrogens is 452 g/mol. The van der Waals surface area contributed by atoms with Crippen LogP contribution in [0.25, 0.3) is 16.6 Å². The molecule has 36 heavy (non-hydrogen) atoms. The molecule has 0 N–H and O–H groups in total. The molecule has 0 aromatic carbocycles. The molecule has 5 rings (SSSR count). The molecule has 0 spiro atoms.